The number of nitrogens with one attached hydrogen (secondary N) is 1. The number of pyridine rings is 1. The van der Waals surface area contributed by atoms with Crippen molar-refractivity contribution in [2.24, 2.45) is 0 Å². The van der Waals surface area contributed by atoms with Gasteiger partial charge in [0.15, 0.2) is 12.3 Å². The minimum absolute atomic E-state index is 0.192. The lowest BCUT2D eigenvalue weighted by atomic mass is 10.4. The van der Waals surface area contributed by atoms with Crippen LogP contribution in [0.1, 0.15) is 0 Å². The number of carboxylic acid groups (broad SMARTS) is 1. The molecular formula is C12H9N3O4. The largest absolute Gasteiger partial charge is 0.479 e. The summed E-state index contributed by atoms with van der Waals surface area (Å²) in [5, 5.41) is 8.56. The molecule has 3 aromatic rings. The van der Waals surface area contributed by atoms with E-state index in [1.165, 1.54) is 6.07 Å². The molecule has 3 heterocycles. The Kier molecular flexibility index (Phi) is 2.45. The first kappa shape index (κ1) is 11.3. The first-order chi connectivity index (χ1) is 9.15. The van der Waals surface area contributed by atoms with E-state index in [0.29, 0.717) is 16.7 Å². The quantitative estimate of drug-likeness (QED) is 0.719. The van der Waals surface area contributed by atoms with Crippen molar-refractivity contribution < 1.29 is 14.6 Å². The molecule has 0 spiro atoms. The summed E-state index contributed by atoms with van der Waals surface area (Å²) in [6.45, 7) is -0.462. The average molecular weight is 259 g/mol. The van der Waals surface area contributed by atoms with Gasteiger partial charge in [0.1, 0.15) is 5.52 Å². The molecule has 2 N–H and O–H groups in total. The van der Waals surface area contributed by atoms with Crippen LogP contribution in [0.2, 0.25) is 0 Å². The van der Waals surface area contributed by atoms with E-state index < -0.39 is 12.6 Å². The number of nitrogens with zero attached hydrogens (tertiary/aromatic N) is 2. The third-order valence-electron chi connectivity index (χ3n) is 2.65. The first-order valence-electron chi connectivity index (χ1n) is 5.50. The summed E-state index contributed by atoms with van der Waals surface area (Å²) >= 11 is 0. The highest BCUT2D eigenvalue weighted by Crippen LogP contribution is 2.15. The SMILES string of the molecule is O=C(O)COc1ccc2[nH]c(=O)c3cccn3c2n1. The number of fused-ring (bicyclic) bond motifs is 3. The number of aliphatic carboxylic acids is 1. The third kappa shape index (κ3) is 1.90. The number of hydrogen-bond donors (Lipinski definition) is 2. The van der Waals surface area contributed by atoms with Crippen LogP contribution >= 0.6 is 0 Å². The van der Waals surface area contributed by atoms with Crippen LogP contribution in [0.5, 0.6) is 5.88 Å². The second kappa shape index (κ2) is 4.13. The molecule has 3 rings (SSSR count). The second-order valence-electron chi connectivity index (χ2n) is 3.92. The monoisotopic (exact) mass is 259 g/mol. The Hall–Kier alpha value is -2.83. The Bertz CT molecular complexity index is 834. The van der Waals surface area contributed by atoms with E-state index in [0.717, 1.165) is 0 Å². The zero-order valence-electron chi connectivity index (χ0n) is 9.66. The molecule has 0 radical (unpaired) electrons. The fraction of sp³-hybridized carbons (Fsp3) is 0.0833. The van der Waals surface area contributed by atoms with Crippen LogP contribution in [0.4, 0.5) is 0 Å². The van der Waals surface area contributed by atoms with Gasteiger partial charge < -0.3 is 14.8 Å². The predicted molar refractivity (Wildman–Crippen MR) is 66.4 cm³/mol. The van der Waals surface area contributed by atoms with Crippen LogP contribution in [-0.2, 0) is 4.79 Å². The zero-order valence-corrected chi connectivity index (χ0v) is 9.66. The number of rotatable bonds is 3. The van der Waals surface area contributed by atoms with Crippen molar-refractivity contribution in [2.75, 3.05) is 6.61 Å². The smallest absolute Gasteiger partial charge is 0.341 e. The lowest BCUT2D eigenvalue weighted by Crippen LogP contribution is -2.12. The van der Waals surface area contributed by atoms with Gasteiger partial charge >= 0.3 is 5.97 Å². The molecule has 0 saturated carbocycles. The summed E-state index contributed by atoms with van der Waals surface area (Å²) in [7, 11) is 0. The molecule has 0 saturated heterocycles. The second-order valence-corrected chi connectivity index (χ2v) is 3.92. The highest BCUT2D eigenvalue weighted by atomic mass is 16.5. The first-order valence-corrected chi connectivity index (χ1v) is 5.50. The van der Waals surface area contributed by atoms with Crippen molar-refractivity contribution in [3.8, 4) is 5.88 Å². The van der Waals surface area contributed by atoms with Gasteiger partial charge in [-0.3, -0.25) is 9.20 Å². The Morgan fingerprint density at radius 2 is 2.26 bits per heavy atom. The van der Waals surface area contributed by atoms with Crippen molar-refractivity contribution in [3.05, 3.63) is 40.8 Å². The molecule has 0 atom stereocenters. The summed E-state index contributed by atoms with van der Waals surface area (Å²) in [5.41, 5.74) is 1.31. The van der Waals surface area contributed by atoms with Gasteiger partial charge in [0.25, 0.3) is 5.56 Å². The molecule has 7 heteroatoms. The minimum atomic E-state index is -1.07. The Morgan fingerprint density at radius 1 is 1.42 bits per heavy atom. The van der Waals surface area contributed by atoms with Gasteiger partial charge in [-0.05, 0) is 18.2 Å². The molecule has 0 bridgehead atoms. The van der Waals surface area contributed by atoms with E-state index in [1.807, 2.05) is 0 Å². The van der Waals surface area contributed by atoms with E-state index in [9.17, 15) is 9.59 Å². The van der Waals surface area contributed by atoms with Gasteiger partial charge in [-0.25, -0.2) is 4.79 Å². The Balaban J connectivity index is 2.18. The fourth-order valence-corrected chi connectivity index (χ4v) is 1.87. The minimum Gasteiger partial charge on any atom is -0.479 e. The molecule has 0 fully saturated rings. The molecule has 96 valence electrons. The van der Waals surface area contributed by atoms with E-state index >= 15 is 0 Å². The van der Waals surface area contributed by atoms with Crippen molar-refractivity contribution in [1.82, 2.24) is 14.4 Å². The standard InChI is InChI=1S/C12H9N3O4/c16-10(17)6-19-9-4-3-7-11(14-9)15-5-1-2-8(15)12(18)13-7/h1-5H,6H2,(H,13,18)(H,16,17). The van der Waals surface area contributed by atoms with Gasteiger partial charge in [0.05, 0.1) is 5.52 Å². The number of hydrogen-bond acceptors (Lipinski definition) is 4. The lowest BCUT2D eigenvalue weighted by Gasteiger charge is -2.05. The molecule has 0 unspecified atom stereocenters. The zero-order chi connectivity index (χ0) is 13.4. The van der Waals surface area contributed by atoms with Gasteiger partial charge in [0.2, 0.25) is 5.88 Å². The summed E-state index contributed by atoms with van der Waals surface area (Å²) in [6.07, 6.45) is 1.71. The van der Waals surface area contributed by atoms with Gasteiger partial charge in [0, 0.05) is 12.3 Å². The van der Waals surface area contributed by atoms with E-state index in [1.54, 1.807) is 28.8 Å². The number of ether oxygens (including phenoxy) is 1. The molecule has 3 aromatic heterocycles. The van der Waals surface area contributed by atoms with Gasteiger partial charge in [-0.15, -0.1) is 0 Å². The molecule has 0 aliphatic heterocycles. The number of H-pyrrole nitrogens is 1. The van der Waals surface area contributed by atoms with Crippen LogP contribution < -0.4 is 10.3 Å². The third-order valence-corrected chi connectivity index (χ3v) is 2.65. The predicted octanol–water partition coefficient (Wildman–Crippen LogP) is 0.639. The summed E-state index contributed by atoms with van der Waals surface area (Å²) in [6, 6.07) is 6.54. The summed E-state index contributed by atoms with van der Waals surface area (Å²) in [4.78, 5) is 29.1. The lowest BCUT2D eigenvalue weighted by molar-refractivity contribution is -0.139. The molecule has 0 aliphatic carbocycles. The van der Waals surface area contributed by atoms with Crippen LogP contribution in [-0.4, -0.2) is 32.1 Å². The van der Waals surface area contributed by atoms with E-state index in [-0.39, 0.29) is 11.4 Å². The molecule has 0 aliphatic rings. The van der Waals surface area contributed by atoms with Crippen LogP contribution in [0, 0.1) is 0 Å². The highest BCUT2D eigenvalue weighted by molar-refractivity contribution is 5.75. The topological polar surface area (TPSA) is 96.7 Å². The van der Waals surface area contributed by atoms with Crippen LogP contribution in [0.15, 0.2) is 35.3 Å². The highest BCUT2D eigenvalue weighted by Gasteiger charge is 2.07. The Labute approximate surface area is 106 Å². The number of carbonyl (C=O) groups is 1. The summed E-state index contributed by atoms with van der Waals surface area (Å²) in [5.74, 6) is -0.883. The molecule has 19 heavy (non-hydrogen) atoms. The van der Waals surface area contributed by atoms with Crippen LogP contribution in [0.3, 0.4) is 0 Å². The average Bonchev–Trinajstić information content (AvgIpc) is 2.87. The maximum Gasteiger partial charge on any atom is 0.341 e. The van der Waals surface area contributed by atoms with Crippen molar-refractivity contribution in [2.45, 2.75) is 0 Å². The van der Waals surface area contributed by atoms with Gasteiger partial charge in [-0.2, -0.15) is 4.98 Å². The van der Waals surface area contributed by atoms with E-state index in [2.05, 4.69) is 9.97 Å². The van der Waals surface area contributed by atoms with Crippen molar-refractivity contribution >= 4 is 22.6 Å². The maximum absolute atomic E-state index is 11.7. The number of aromatic amines is 1. The fourth-order valence-electron chi connectivity index (χ4n) is 1.87. The molecule has 0 amide bonds. The van der Waals surface area contributed by atoms with E-state index in [4.69, 9.17) is 9.84 Å². The Morgan fingerprint density at radius 3 is 3.05 bits per heavy atom. The molecular weight excluding hydrogens is 250 g/mol. The van der Waals surface area contributed by atoms with Gasteiger partial charge in [-0.1, -0.05) is 0 Å². The number of carboxylic acids is 1. The summed E-state index contributed by atoms with van der Waals surface area (Å²) < 4.78 is 6.64. The van der Waals surface area contributed by atoms with Crippen molar-refractivity contribution in [3.63, 3.8) is 0 Å². The maximum atomic E-state index is 11.7. The number of aromatic nitrogens is 3. The molecule has 0 aromatic carbocycles. The van der Waals surface area contributed by atoms with Crippen LogP contribution in [0.25, 0.3) is 16.7 Å². The van der Waals surface area contributed by atoms with Crippen molar-refractivity contribution in [1.29, 1.82) is 0 Å². The normalized spacial score (nSPS) is 10.9. The molecule has 7 nitrogen and oxygen atoms in total.